The van der Waals surface area contributed by atoms with Crippen LogP contribution in [0.25, 0.3) is 0 Å². The molecule has 1 aromatic carbocycles. The molecule has 23 heavy (non-hydrogen) atoms. The van der Waals surface area contributed by atoms with Crippen molar-refractivity contribution in [3.05, 3.63) is 58.0 Å². The van der Waals surface area contributed by atoms with E-state index in [1.807, 2.05) is 6.92 Å². The summed E-state index contributed by atoms with van der Waals surface area (Å²) < 4.78 is 1.56. The molecule has 0 aliphatic carbocycles. The molecule has 0 spiro atoms. The van der Waals surface area contributed by atoms with Crippen molar-refractivity contribution in [3.8, 4) is 0 Å². The zero-order valence-corrected chi connectivity index (χ0v) is 13.7. The number of carbonyl (C=O) groups excluding carboxylic acids is 2. The zero-order chi connectivity index (χ0) is 17.0. The normalized spacial score (nSPS) is 10.9. The third-order valence-corrected chi connectivity index (χ3v) is 3.38. The Hall–Kier alpha value is -2.31. The first-order chi connectivity index (χ1) is 10.9. The van der Waals surface area contributed by atoms with Gasteiger partial charge in [0.1, 0.15) is 0 Å². The number of aryl methyl sites for hydroxylation is 1. The van der Waals surface area contributed by atoms with Gasteiger partial charge in [-0.3, -0.25) is 14.3 Å². The van der Waals surface area contributed by atoms with Gasteiger partial charge in [0.25, 0.3) is 5.91 Å². The highest BCUT2D eigenvalue weighted by Crippen LogP contribution is 2.20. The van der Waals surface area contributed by atoms with E-state index in [4.69, 9.17) is 28.9 Å². The van der Waals surface area contributed by atoms with Gasteiger partial charge in [-0.05, 0) is 25.1 Å². The Bertz CT molecular complexity index is 764. The number of halogens is 2. The zero-order valence-electron chi connectivity index (χ0n) is 12.2. The van der Waals surface area contributed by atoms with E-state index in [1.165, 1.54) is 24.4 Å². The second-order valence-corrected chi connectivity index (χ2v) is 5.48. The highest BCUT2D eigenvalue weighted by Gasteiger charge is 2.12. The van der Waals surface area contributed by atoms with Crippen molar-refractivity contribution in [3.63, 3.8) is 0 Å². The van der Waals surface area contributed by atoms with Crippen LogP contribution in [0.1, 0.15) is 27.8 Å². The summed E-state index contributed by atoms with van der Waals surface area (Å²) in [5.41, 5.74) is 6.15. The molecule has 0 bridgehead atoms. The van der Waals surface area contributed by atoms with Gasteiger partial charge in [-0.2, -0.15) is 5.10 Å². The lowest BCUT2D eigenvalue weighted by Gasteiger charge is -2.00. The van der Waals surface area contributed by atoms with E-state index in [1.54, 1.807) is 16.9 Å². The molecule has 0 fully saturated rings. The van der Waals surface area contributed by atoms with Crippen LogP contribution in [0.4, 0.5) is 5.69 Å². The second-order valence-electron chi connectivity index (χ2n) is 4.61. The first kappa shape index (κ1) is 17.1. The second kappa shape index (κ2) is 7.30. The number of hydrogen-bond donors (Lipinski definition) is 2. The maximum Gasteiger partial charge on any atom is 0.271 e. The van der Waals surface area contributed by atoms with Crippen LogP contribution in [-0.4, -0.2) is 21.5 Å². The van der Waals surface area contributed by atoms with Crippen LogP contribution in [0.3, 0.4) is 0 Å². The molecule has 0 radical (unpaired) electrons. The summed E-state index contributed by atoms with van der Waals surface area (Å²) in [6.45, 7) is 2.47. The number of nitrogens with two attached hydrogens (primary N) is 1. The number of rotatable bonds is 6. The monoisotopic (exact) mass is 352 g/mol. The molecule has 0 aliphatic heterocycles. The van der Waals surface area contributed by atoms with Gasteiger partial charge in [0.15, 0.2) is 11.5 Å². The first-order valence-electron chi connectivity index (χ1n) is 6.71. The topological polar surface area (TPSA) is 90.0 Å². The van der Waals surface area contributed by atoms with E-state index >= 15 is 0 Å². The number of aromatic nitrogens is 2. The summed E-state index contributed by atoms with van der Waals surface area (Å²) >= 11 is 11.7. The number of allylic oxidation sites excluding steroid dienone is 1. The number of nitrogens with one attached hydrogen (secondary N) is 1. The molecular formula is C15H14Cl2N4O2. The molecular weight excluding hydrogens is 339 g/mol. The molecule has 0 saturated heterocycles. The van der Waals surface area contributed by atoms with Gasteiger partial charge in [-0.25, -0.2) is 0 Å². The van der Waals surface area contributed by atoms with E-state index < -0.39 is 5.91 Å². The quantitative estimate of drug-likeness (QED) is 0.617. The minimum atomic E-state index is -0.652. The van der Waals surface area contributed by atoms with Gasteiger partial charge in [-0.1, -0.05) is 23.2 Å². The molecule has 0 saturated carbocycles. The molecule has 2 rings (SSSR count). The lowest BCUT2D eigenvalue weighted by atomic mass is 10.1. The van der Waals surface area contributed by atoms with Gasteiger partial charge >= 0.3 is 0 Å². The third-order valence-electron chi connectivity index (χ3n) is 2.94. The van der Waals surface area contributed by atoms with Crippen molar-refractivity contribution in [1.82, 2.24) is 9.78 Å². The highest BCUT2D eigenvalue weighted by atomic mass is 35.5. The van der Waals surface area contributed by atoms with E-state index in [-0.39, 0.29) is 11.5 Å². The van der Waals surface area contributed by atoms with Crippen molar-refractivity contribution in [2.24, 2.45) is 5.73 Å². The SMILES string of the molecule is CCn1cc(NC=CC(=O)c2cc(Cl)cc(Cl)c2)c(C(N)=O)n1. The van der Waals surface area contributed by atoms with Gasteiger partial charge in [0.2, 0.25) is 0 Å². The van der Waals surface area contributed by atoms with E-state index in [0.717, 1.165) is 0 Å². The Morgan fingerprint density at radius 1 is 1.30 bits per heavy atom. The van der Waals surface area contributed by atoms with Crippen LogP contribution in [-0.2, 0) is 6.54 Å². The van der Waals surface area contributed by atoms with Gasteiger partial charge in [0, 0.05) is 40.6 Å². The van der Waals surface area contributed by atoms with Crippen molar-refractivity contribution in [1.29, 1.82) is 0 Å². The van der Waals surface area contributed by atoms with Crippen LogP contribution >= 0.6 is 23.2 Å². The Balaban J connectivity index is 2.14. The standard InChI is InChI=1S/C15H14Cl2N4O2/c1-2-21-8-12(14(20-21)15(18)23)19-4-3-13(22)9-5-10(16)7-11(17)6-9/h3-8,19H,2H2,1H3,(H2,18,23). The number of ketones is 1. The van der Waals surface area contributed by atoms with Crippen molar-refractivity contribution >= 4 is 40.6 Å². The third kappa shape index (κ3) is 4.34. The summed E-state index contributed by atoms with van der Waals surface area (Å²) in [4.78, 5) is 23.4. The van der Waals surface area contributed by atoms with Crippen molar-refractivity contribution in [2.75, 3.05) is 5.32 Å². The molecule has 120 valence electrons. The van der Waals surface area contributed by atoms with Crippen LogP contribution < -0.4 is 11.1 Å². The predicted molar refractivity (Wildman–Crippen MR) is 90.0 cm³/mol. The summed E-state index contributed by atoms with van der Waals surface area (Å²) in [7, 11) is 0. The summed E-state index contributed by atoms with van der Waals surface area (Å²) in [6.07, 6.45) is 4.34. The van der Waals surface area contributed by atoms with Crippen molar-refractivity contribution in [2.45, 2.75) is 13.5 Å². The van der Waals surface area contributed by atoms with Crippen LogP contribution in [0.15, 0.2) is 36.7 Å². The number of anilines is 1. The number of nitrogens with zero attached hydrogens (tertiary/aromatic N) is 2. The number of amides is 1. The molecule has 1 heterocycles. The summed E-state index contributed by atoms with van der Waals surface area (Å²) in [5, 5.41) is 7.62. The Labute approximate surface area is 142 Å². The van der Waals surface area contributed by atoms with E-state index in [0.29, 0.717) is 27.8 Å². The van der Waals surface area contributed by atoms with E-state index in [2.05, 4.69) is 10.4 Å². The molecule has 6 nitrogen and oxygen atoms in total. The fraction of sp³-hybridized carbons (Fsp3) is 0.133. The average molecular weight is 353 g/mol. The summed E-state index contributed by atoms with van der Waals surface area (Å²) in [6, 6.07) is 4.58. The minimum Gasteiger partial charge on any atom is -0.364 e. The smallest absolute Gasteiger partial charge is 0.271 e. The molecule has 3 N–H and O–H groups in total. The van der Waals surface area contributed by atoms with Crippen LogP contribution in [0.2, 0.25) is 10.0 Å². The highest BCUT2D eigenvalue weighted by molar-refractivity contribution is 6.35. The molecule has 0 unspecified atom stereocenters. The lowest BCUT2D eigenvalue weighted by molar-refractivity contribution is 0.0994. The average Bonchev–Trinajstić information content (AvgIpc) is 2.89. The Morgan fingerprint density at radius 3 is 2.52 bits per heavy atom. The van der Waals surface area contributed by atoms with Crippen LogP contribution in [0.5, 0.6) is 0 Å². The molecule has 1 amide bonds. The van der Waals surface area contributed by atoms with Gasteiger partial charge < -0.3 is 11.1 Å². The van der Waals surface area contributed by atoms with Gasteiger partial charge in [-0.15, -0.1) is 0 Å². The van der Waals surface area contributed by atoms with Crippen LogP contribution in [0, 0.1) is 0 Å². The molecule has 1 aromatic heterocycles. The lowest BCUT2D eigenvalue weighted by Crippen LogP contribution is -2.14. The molecule has 0 aliphatic rings. The van der Waals surface area contributed by atoms with Crippen molar-refractivity contribution < 1.29 is 9.59 Å². The maximum absolute atomic E-state index is 12.1. The molecule has 8 heteroatoms. The Kier molecular flexibility index (Phi) is 5.41. The predicted octanol–water partition coefficient (Wildman–Crippen LogP) is 3.12. The van der Waals surface area contributed by atoms with E-state index in [9.17, 15) is 9.59 Å². The largest absolute Gasteiger partial charge is 0.364 e. The number of hydrogen-bond acceptors (Lipinski definition) is 4. The number of benzene rings is 1. The number of primary amides is 1. The van der Waals surface area contributed by atoms with Gasteiger partial charge in [0.05, 0.1) is 5.69 Å². The molecule has 0 atom stereocenters. The fourth-order valence-electron chi connectivity index (χ4n) is 1.87. The maximum atomic E-state index is 12.1. The minimum absolute atomic E-state index is 0.106. The summed E-state index contributed by atoms with van der Waals surface area (Å²) in [5.74, 6) is -0.938. The Morgan fingerprint density at radius 2 is 1.96 bits per heavy atom. The number of carbonyl (C=O) groups is 2. The first-order valence-corrected chi connectivity index (χ1v) is 7.47. The molecule has 2 aromatic rings. The fourth-order valence-corrected chi connectivity index (χ4v) is 2.40.